The van der Waals surface area contributed by atoms with E-state index in [0.29, 0.717) is 22.9 Å². The van der Waals surface area contributed by atoms with E-state index in [1.807, 2.05) is 43.3 Å². The molecule has 0 saturated heterocycles. The second-order valence-electron chi connectivity index (χ2n) is 5.60. The number of methoxy groups -OCH3 is 1. The fourth-order valence-corrected chi connectivity index (χ4v) is 2.60. The summed E-state index contributed by atoms with van der Waals surface area (Å²) in [6.45, 7) is 1.83. The minimum Gasteiger partial charge on any atom is -0.497 e. The smallest absolute Gasteiger partial charge is 0.262 e. The topological polar surface area (TPSA) is 76.7 Å². The van der Waals surface area contributed by atoms with E-state index in [-0.39, 0.29) is 24.8 Å². The van der Waals surface area contributed by atoms with Crippen LogP contribution in [-0.2, 0) is 16.0 Å². The van der Waals surface area contributed by atoms with Crippen LogP contribution in [0.4, 0.5) is 11.4 Å². The molecule has 0 aromatic heterocycles. The molecule has 0 saturated carbocycles. The van der Waals surface area contributed by atoms with Gasteiger partial charge < -0.3 is 20.1 Å². The lowest BCUT2D eigenvalue weighted by molar-refractivity contribution is -0.118. The molecule has 0 spiro atoms. The normalized spacial score (nSPS) is 12.7. The van der Waals surface area contributed by atoms with E-state index < -0.39 is 0 Å². The first-order valence-electron chi connectivity index (χ1n) is 7.55. The Hall–Kier alpha value is -3.02. The minimum absolute atomic E-state index is 0.0607. The number of ether oxygens (including phenoxy) is 2. The fourth-order valence-electron chi connectivity index (χ4n) is 2.60. The molecule has 1 aliphatic heterocycles. The van der Waals surface area contributed by atoms with E-state index in [1.54, 1.807) is 7.11 Å². The molecule has 6 heteroatoms. The Balaban J connectivity index is 1.78. The highest BCUT2D eigenvalue weighted by Gasteiger charge is 2.21. The highest BCUT2D eigenvalue weighted by atomic mass is 16.5. The van der Waals surface area contributed by atoms with E-state index >= 15 is 0 Å². The molecule has 2 N–H and O–H groups in total. The molecule has 1 aliphatic rings. The van der Waals surface area contributed by atoms with Crippen LogP contribution in [0.5, 0.6) is 11.5 Å². The molecule has 2 amide bonds. The average Bonchev–Trinajstić information content (AvgIpc) is 2.54. The summed E-state index contributed by atoms with van der Waals surface area (Å²) in [6.07, 6.45) is 0.215. The number of hydrogen-bond acceptors (Lipinski definition) is 4. The lowest BCUT2D eigenvalue weighted by Gasteiger charge is -2.21. The lowest BCUT2D eigenvalue weighted by atomic mass is 10.1. The quantitative estimate of drug-likeness (QED) is 0.905. The van der Waals surface area contributed by atoms with Gasteiger partial charge in [0.1, 0.15) is 5.75 Å². The van der Waals surface area contributed by atoms with Gasteiger partial charge in [0.15, 0.2) is 12.4 Å². The van der Waals surface area contributed by atoms with Crippen molar-refractivity contribution in [2.75, 3.05) is 24.4 Å². The molecule has 6 nitrogen and oxygen atoms in total. The van der Waals surface area contributed by atoms with Crippen molar-refractivity contribution >= 4 is 23.2 Å². The van der Waals surface area contributed by atoms with Crippen LogP contribution in [0, 0.1) is 6.92 Å². The average molecular weight is 326 g/mol. The van der Waals surface area contributed by atoms with E-state index in [9.17, 15) is 9.59 Å². The second kappa shape index (κ2) is 6.62. The van der Waals surface area contributed by atoms with Crippen LogP contribution in [0.15, 0.2) is 36.4 Å². The van der Waals surface area contributed by atoms with Crippen LogP contribution < -0.4 is 20.1 Å². The molecule has 2 aromatic carbocycles. The number of nitrogens with one attached hydrogen (secondary N) is 2. The number of carbonyl (C=O) groups excluding carboxylic acids is 2. The summed E-state index contributed by atoms with van der Waals surface area (Å²) < 4.78 is 10.6. The fraction of sp³-hybridized carbons (Fsp3) is 0.222. The van der Waals surface area contributed by atoms with Crippen molar-refractivity contribution in [1.82, 2.24) is 0 Å². The maximum Gasteiger partial charge on any atom is 0.262 e. The predicted molar refractivity (Wildman–Crippen MR) is 90.6 cm³/mol. The molecule has 0 radical (unpaired) electrons. The van der Waals surface area contributed by atoms with Crippen molar-refractivity contribution in [3.63, 3.8) is 0 Å². The Morgan fingerprint density at radius 1 is 1.33 bits per heavy atom. The lowest BCUT2D eigenvalue weighted by Crippen LogP contribution is -2.26. The van der Waals surface area contributed by atoms with Crippen molar-refractivity contribution in [1.29, 1.82) is 0 Å². The van der Waals surface area contributed by atoms with Gasteiger partial charge in [0.2, 0.25) is 5.91 Å². The van der Waals surface area contributed by atoms with Crippen LogP contribution in [0.25, 0.3) is 0 Å². The second-order valence-corrected chi connectivity index (χ2v) is 5.60. The molecular weight excluding hydrogens is 308 g/mol. The van der Waals surface area contributed by atoms with Gasteiger partial charge in [-0.1, -0.05) is 12.1 Å². The molecule has 0 atom stereocenters. The zero-order chi connectivity index (χ0) is 17.1. The third-order valence-corrected chi connectivity index (χ3v) is 3.63. The first-order chi connectivity index (χ1) is 11.5. The van der Waals surface area contributed by atoms with Gasteiger partial charge in [0.05, 0.1) is 24.9 Å². The van der Waals surface area contributed by atoms with Gasteiger partial charge in [-0.2, -0.15) is 0 Å². The minimum atomic E-state index is -0.207. The number of aryl methyl sites for hydroxylation is 1. The molecule has 24 heavy (non-hydrogen) atoms. The van der Waals surface area contributed by atoms with Crippen LogP contribution >= 0.6 is 0 Å². The van der Waals surface area contributed by atoms with Crippen LogP contribution in [0.1, 0.15) is 11.1 Å². The molecule has 0 aliphatic carbocycles. The summed E-state index contributed by atoms with van der Waals surface area (Å²) >= 11 is 0. The summed E-state index contributed by atoms with van der Waals surface area (Å²) in [5, 5.41) is 5.60. The number of fused-ring (bicyclic) bond motifs is 1. The Kier molecular flexibility index (Phi) is 4.37. The molecule has 124 valence electrons. The zero-order valence-corrected chi connectivity index (χ0v) is 13.5. The van der Waals surface area contributed by atoms with Crippen LogP contribution in [0.3, 0.4) is 0 Å². The van der Waals surface area contributed by atoms with Crippen molar-refractivity contribution < 1.29 is 19.1 Å². The van der Waals surface area contributed by atoms with Gasteiger partial charge in [-0.15, -0.1) is 0 Å². The molecule has 0 fully saturated rings. The van der Waals surface area contributed by atoms with E-state index in [2.05, 4.69) is 10.6 Å². The van der Waals surface area contributed by atoms with E-state index in [1.165, 1.54) is 0 Å². The number of hydrogen-bond donors (Lipinski definition) is 2. The van der Waals surface area contributed by atoms with Crippen molar-refractivity contribution in [2.24, 2.45) is 0 Å². The van der Waals surface area contributed by atoms with Gasteiger partial charge >= 0.3 is 0 Å². The van der Waals surface area contributed by atoms with Gasteiger partial charge in [-0.25, -0.2) is 0 Å². The third-order valence-electron chi connectivity index (χ3n) is 3.63. The van der Waals surface area contributed by atoms with Crippen LogP contribution in [-0.4, -0.2) is 25.5 Å². The summed E-state index contributed by atoms with van der Waals surface area (Å²) in [6, 6.07) is 11.0. The predicted octanol–water partition coefficient (Wildman–Crippen LogP) is 2.52. The highest BCUT2D eigenvalue weighted by molar-refractivity contribution is 6.00. The standard InChI is InChI=1S/C18H18N2O4/c1-11-6-14(18-15(7-11)20-17(22)10-24-18)19-16(21)9-12-4-3-5-13(8-12)23-2/h3-8H,9-10H2,1-2H3,(H,19,21)(H,20,22). The maximum atomic E-state index is 12.3. The van der Waals surface area contributed by atoms with Crippen molar-refractivity contribution in [2.45, 2.75) is 13.3 Å². The number of amides is 2. The number of anilines is 2. The first-order valence-corrected chi connectivity index (χ1v) is 7.55. The Bertz CT molecular complexity index is 802. The third kappa shape index (κ3) is 3.48. The largest absolute Gasteiger partial charge is 0.497 e. The molecular formula is C18H18N2O4. The number of benzene rings is 2. The number of carbonyl (C=O) groups is 2. The summed E-state index contributed by atoms with van der Waals surface area (Å²) in [4.78, 5) is 23.8. The Labute approximate surface area is 139 Å². The summed E-state index contributed by atoms with van der Waals surface area (Å²) in [5.41, 5.74) is 2.89. The summed E-state index contributed by atoms with van der Waals surface area (Å²) in [5.74, 6) is 0.816. The molecule has 0 unspecified atom stereocenters. The Morgan fingerprint density at radius 3 is 2.96 bits per heavy atom. The molecule has 3 rings (SSSR count). The van der Waals surface area contributed by atoms with E-state index in [0.717, 1.165) is 11.1 Å². The van der Waals surface area contributed by atoms with Crippen LogP contribution in [0.2, 0.25) is 0 Å². The van der Waals surface area contributed by atoms with Crippen molar-refractivity contribution in [3.05, 3.63) is 47.5 Å². The highest BCUT2D eigenvalue weighted by Crippen LogP contribution is 2.37. The molecule has 2 aromatic rings. The summed E-state index contributed by atoms with van der Waals surface area (Å²) in [7, 11) is 1.59. The van der Waals surface area contributed by atoms with Crippen molar-refractivity contribution in [3.8, 4) is 11.5 Å². The number of rotatable bonds is 4. The molecule has 1 heterocycles. The van der Waals surface area contributed by atoms with Gasteiger partial charge in [-0.3, -0.25) is 9.59 Å². The zero-order valence-electron chi connectivity index (χ0n) is 13.5. The maximum absolute atomic E-state index is 12.3. The first kappa shape index (κ1) is 15.9. The van der Waals surface area contributed by atoms with Gasteiger partial charge in [-0.05, 0) is 42.3 Å². The SMILES string of the molecule is COc1cccc(CC(=O)Nc2cc(C)cc3c2OCC(=O)N3)c1. The van der Waals surface area contributed by atoms with Gasteiger partial charge in [0, 0.05) is 0 Å². The Morgan fingerprint density at radius 2 is 2.17 bits per heavy atom. The van der Waals surface area contributed by atoms with E-state index in [4.69, 9.17) is 9.47 Å². The monoisotopic (exact) mass is 326 g/mol. The van der Waals surface area contributed by atoms with Gasteiger partial charge in [0.25, 0.3) is 5.91 Å². The molecule has 0 bridgehead atoms.